The Morgan fingerprint density at radius 3 is 0.783 bits per heavy atom. The largest absolute Gasteiger partial charge is 0.463 e. The predicted octanol–water partition coefficient (Wildman–Crippen LogP) is 12.7. The van der Waals surface area contributed by atoms with E-state index in [-0.39, 0.29) is 25.2 Å². The Morgan fingerprint density at radius 1 is 0.370 bits per heavy atom. The summed E-state index contributed by atoms with van der Waals surface area (Å²) < 4.78 is 10.3. The average molecular weight is 653 g/mol. The van der Waals surface area contributed by atoms with E-state index in [9.17, 15) is 14.7 Å². The van der Waals surface area contributed by atoms with Crippen LogP contribution >= 0.6 is 0 Å². The van der Waals surface area contributed by atoms with E-state index in [4.69, 9.17) is 9.47 Å². The third-order valence-electron chi connectivity index (χ3n) is 9.34. The molecule has 0 radical (unpaired) electrons. The van der Waals surface area contributed by atoms with Crippen LogP contribution in [0, 0.1) is 0 Å². The number of unbranched alkanes of at least 4 members (excludes halogenated alkanes) is 30. The molecule has 5 nitrogen and oxygen atoms in total. The molecule has 0 aliphatic rings. The van der Waals surface area contributed by atoms with Gasteiger partial charge in [0.25, 0.3) is 0 Å². The summed E-state index contributed by atoms with van der Waals surface area (Å²) in [5, 5.41) is 10.0. The molecule has 1 unspecified atom stereocenters. The highest BCUT2D eigenvalue weighted by Crippen LogP contribution is 2.16. The number of carbonyl (C=O) groups excluding carboxylic acids is 2. The van der Waals surface area contributed by atoms with Gasteiger partial charge in [0.1, 0.15) is 19.3 Å². The zero-order valence-electron chi connectivity index (χ0n) is 31.1. The molecular formula is C41H80O5. The number of hydrogen-bond acceptors (Lipinski definition) is 5. The number of hydrogen-bond donors (Lipinski definition) is 1. The van der Waals surface area contributed by atoms with Gasteiger partial charge >= 0.3 is 11.9 Å². The SMILES string of the molecule is CCCCCCCCCCCCCCCCCCCC(=O)OCC(O)COC(=O)CCCCCCCCCCCCCCCCC. The highest BCUT2D eigenvalue weighted by atomic mass is 16.6. The van der Waals surface area contributed by atoms with Crippen molar-refractivity contribution in [3.05, 3.63) is 0 Å². The fourth-order valence-corrected chi connectivity index (χ4v) is 6.21. The molecule has 0 aromatic carbocycles. The monoisotopic (exact) mass is 653 g/mol. The van der Waals surface area contributed by atoms with Gasteiger partial charge in [-0.3, -0.25) is 9.59 Å². The zero-order valence-corrected chi connectivity index (χ0v) is 31.1. The van der Waals surface area contributed by atoms with Gasteiger partial charge in [0, 0.05) is 12.8 Å². The van der Waals surface area contributed by atoms with Gasteiger partial charge in [0.05, 0.1) is 0 Å². The molecule has 0 amide bonds. The van der Waals surface area contributed by atoms with E-state index in [1.165, 1.54) is 180 Å². The second-order valence-corrected chi connectivity index (χ2v) is 14.1. The van der Waals surface area contributed by atoms with Crippen molar-refractivity contribution < 1.29 is 24.2 Å². The van der Waals surface area contributed by atoms with E-state index >= 15 is 0 Å². The second kappa shape index (κ2) is 38.3. The lowest BCUT2D eigenvalue weighted by atomic mass is 10.0. The van der Waals surface area contributed by atoms with E-state index in [1.807, 2.05) is 0 Å². The Bertz CT molecular complexity index is 622. The molecule has 0 bridgehead atoms. The van der Waals surface area contributed by atoms with Crippen LogP contribution in [0.3, 0.4) is 0 Å². The summed E-state index contributed by atoms with van der Waals surface area (Å²) in [7, 11) is 0. The summed E-state index contributed by atoms with van der Waals surface area (Å²) in [6.07, 6.45) is 41.6. The lowest BCUT2D eigenvalue weighted by Crippen LogP contribution is -2.25. The average Bonchev–Trinajstić information content (AvgIpc) is 3.06. The van der Waals surface area contributed by atoms with Gasteiger partial charge in [-0.15, -0.1) is 0 Å². The third-order valence-corrected chi connectivity index (χ3v) is 9.34. The van der Waals surface area contributed by atoms with Crippen molar-refractivity contribution in [1.82, 2.24) is 0 Å². The topological polar surface area (TPSA) is 72.8 Å². The fourth-order valence-electron chi connectivity index (χ4n) is 6.21. The number of aliphatic hydroxyl groups is 1. The van der Waals surface area contributed by atoms with E-state index in [1.54, 1.807) is 0 Å². The van der Waals surface area contributed by atoms with Gasteiger partial charge in [0.2, 0.25) is 0 Å². The van der Waals surface area contributed by atoms with Crippen molar-refractivity contribution in [3.63, 3.8) is 0 Å². The third kappa shape index (κ3) is 37.4. The van der Waals surface area contributed by atoms with Crippen molar-refractivity contribution in [2.24, 2.45) is 0 Å². The molecule has 0 rings (SSSR count). The molecule has 0 saturated heterocycles. The minimum atomic E-state index is -0.954. The van der Waals surface area contributed by atoms with Crippen molar-refractivity contribution in [3.8, 4) is 0 Å². The molecule has 274 valence electrons. The first kappa shape index (κ1) is 44.9. The first-order chi connectivity index (χ1) is 22.6. The molecule has 1 N–H and O–H groups in total. The van der Waals surface area contributed by atoms with Crippen molar-refractivity contribution >= 4 is 11.9 Å². The van der Waals surface area contributed by atoms with Crippen LogP contribution in [0.25, 0.3) is 0 Å². The molecule has 0 aromatic heterocycles. The van der Waals surface area contributed by atoms with E-state index in [0.29, 0.717) is 12.8 Å². The lowest BCUT2D eigenvalue weighted by molar-refractivity contribution is -0.152. The van der Waals surface area contributed by atoms with E-state index < -0.39 is 6.10 Å². The highest BCUT2D eigenvalue weighted by molar-refractivity contribution is 5.69. The molecular weight excluding hydrogens is 572 g/mol. The van der Waals surface area contributed by atoms with E-state index in [0.717, 1.165) is 25.7 Å². The number of aliphatic hydroxyl groups excluding tert-OH is 1. The lowest BCUT2D eigenvalue weighted by Gasteiger charge is -2.12. The minimum Gasteiger partial charge on any atom is -0.463 e. The van der Waals surface area contributed by atoms with Gasteiger partial charge in [-0.05, 0) is 12.8 Å². The Morgan fingerprint density at radius 2 is 0.565 bits per heavy atom. The molecule has 0 aromatic rings. The van der Waals surface area contributed by atoms with Crippen LogP contribution in [0.4, 0.5) is 0 Å². The van der Waals surface area contributed by atoms with Crippen molar-refractivity contribution in [2.45, 2.75) is 238 Å². The maximum Gasteiger partial charge on any atom is 0.305 e. The molecule has 1 atom stereocenters. The van der Waals surface area contributed by atoms with Gasteiger partial charge in [-0.1, -0.05) is 206 Å². The van der Waals surface area contributed by atoms with Crippen molar-refractivity contribution in [1.29, 1.82) is 0 Å². The summed E-state index contributed by atoms with van der Waals surface area (Å²) in [5.41, 5.74) is 0. The first-order valence-corrected chi connectivity index (χ1v) is 20.6. The quantitative estimate of drug-likeness (QED) is 0.0531. The van der Waals surface area contributed by atoms with Crippen LogP contribution in [0.5, 0.6) is 0 Å². The van der Waals surface area contributed by atoms with Crippen LogP contribution in [0.2, 0.25) is 0 Å². The first-order valence-electron chi connectivity index (χ1n) is 20.6. The standard InChI is InChI=1S/C41H80O5/c1-3-5-7-9-11-13-15-17-19-20-22-24-26-28-30-32-34-36-41(44)46-38-39(42)37-45-40(43)35-33-31-29-27-25-23-21-18-16-14-12-10-8-6-4-2/h39,42H,3-38H2,1-2H3. The minimum absolute atomic E-state index is 0.107. The summed E-state index contributed by atoms with van der Waals surface area (Å²) in [6.45, 7) is 4.33. The van der Waals surface area contributed by atoms with Crippen LogP contribution in [-0.2, 0) is 19.1 Å². The summed E-state index contributed by atoms with van der Waals surface area (Å²) >= 11 is 0. The number of rotatable bonds is 38. The van der Waals surface area contributed by atoms with Gasteiger partial charge < -0.3 is 14.6 Å². The Kier molecular flexibility index (Phi) is 37.4. The maximum absolute atomic E-state index is 12.0. The normalized spacial score (nSPS) is 12.0. The van der Waals surface area contributed by atoms with Crippen LogP contribution in [0.1, 0.15) is 232 Å². The zero-order chi connectivity index (χ0) is 33.6. The van der Waals surface area contributed by atoms with Crippen molar-refractivity contribution in [2.75, 3.05) is 13.2 Å². The van der Waals surface area contributed by atoms with Crippen LogP contribution < -0.4 is 0 Å². The summed E-state index contributed by atoms with van der Waals surface area (Å²) in [6, 6.07) is 0. The molecule has 0 aliphatic heterocycles. The molecule has 0 fully saturated rings. The van der Waals surface area contributed by atoms with Crippen LogP contribution in [-0.4, -0.2) is 36.4 Å². The Balaban J connectivity index is 3.36. The molecule has 0 aliphatic carbocycles. The van der Waals surface area contributed by atoms with Crippen LogP contribution in [0.15, 0.2) is 0 Å². The number of carbonyl (C=O) groups is 2. The van der Waals surface area contributed by atoms with Gasteiger partial charge in [-0.2, -0.15) is 0 Å². The molecule has 0 spiro atoms. The molecule has 0 saturated carbocycles. The maximum atomic E-state index is 12.0. The molecule has 46 heavy (non-hydrogen) atoms. The van der Waals surface area contributed by atoms with E-state index in [2.05, 4.69) is 13.8 Å². The summed E-state index contributed by atoms with van der Waals surface area (Å²) in [4.78, 5) is 23.9. The Hall–Kier alpha value is -1.10. The molecule has 0 heterocycles. The summed E-state index contributed by atoms with van der Waals surface area (Å²) in [5.74, 6) is -0.548. The van der Waals surface area contributed by atoms with Gasteiger partial charge in [-0.25, -0.2) is 0 Å². The van der Waals surface area contributed by atoms with Gasteiger partial charge in [0.15, 0.2) is 0 Å². The molecule has 5 heteroatoms. The number of ether oxygens (including phenoxy) is 2. The number of esters is 2. The second-order valence-electron chi connectivity index (χ2n) is 14.1. The fraction of sp³-hybridized carbons (Fsp3) is 0.951. The smallest absolute Gasteiger partial charge is 0.305 e. The highest BCUT2D eigenvalue weighted by Gasteiger charge is 2.12. The Labute approximate surface area is 287 Å². The predicted molar refractivity (Wildman–Crippen MR) is 196 cm³/mol.